The molecule has 0 saturated heterocycles. The van der Waals surface area contributed by atoms with Crippen molar-refractivity contribution < 1.29 is 14.3 Å². The minimum Gasteiger partial charge on any atom is -0.497 e. The highest BCUT2D eigenvalue weighted by molar-refractivity contribution is 9.10. The van der Waals surface area contributed by atoms with Crippen LogP contribution in [0.15, 0.2) is 58.6 Å². The van der Waals surface area contributed by atoms with Crippen LogP contribution >= 0.6 is 15.9 Å². The second kappa shape index (κ2) is 8.16. The standard InChI is InChI=1S/C18H14BrNO3/c1-22-17-7-5-13(6-8-17)9-15(11-20)18(21)23-12-14-3-2-4-16(19)10-14/h2-10H,12H2,1H3/b15-9-. The number of esters is 1. The normalized spacial score (nSPS) is 10.7. The Morgan fingerprint density at radius 2 is 2.00 bits per heavy atom. The first-order valence-corrected chi connectivity index (χ1v) is 7.59. The van der Waals surface area contributed by atoms with Crippen molar-refractivity contribution in [2.45, 2.75) is 6.61 Å². The van der Waals surface area contributed by atoms with Crippen LogP contribution in [-0.4, -0.2) is 13.1 Å². The van der Waals surface area contributed by atoms with Crippen LogP contribution in [0.5, 0.6) is 5.75 Å². The van der Waals surface area contributed by atoms with E-state index in [9.17, 15) is 4.79 Å². The maximum absolute atomic E-state index is 12.0. The summed E-state index contributed by atoms with van der Waals surface area (Å²) in [5, 5.41) is 9.15. The number of carbonyl (C=O) groups excluding carboxylic acids is 1. The smallest absolute Gasteiger partial charge is 0.349 e. The molecule has 2 rings (SSSR count). The fraction of sp³-hybridized carbons (Fsp3) is 0.111. The number of carbonyl (C=O) groups is 1. The second-order valence-electron chi connectivity index (χ2n) is 4.65. The van der Waals surface area contributed by atoms with Gasteiger partial charge in [-0.15, -0.1) is 0 Å². The molecule has 5 heteroatoms. The van der Waals surface area contributed by atoms with E-state index < -0.39 is 5.97 Å². The fourth-order valence-electron chi connectivity index (χ4n) is 1.86. The summed E-state index contributed by atoms with van der Waals surface area (Å²) in [7, 11) is 1.57. The average Bonchev–Trinajstić information content (AvgIpc) is 2.58. The van der Waals surface area contributed by atoms with Crippen LogP contribution in [0.4, 0.5) is 0 Å². The number of rotatable bonds is 5. The summed E-state index contributed by atoms with van der Waals surface area (Å²) in [6.45, 7) is 0.111. The predicted molar refractivity (Wildman–Crippen MR) is 90.5 cm³/mol. The molecule has 0 N–H and O–H groups in total. The summed E-state index contributed by atoms with van der Waals surface area (Å²) in [5.74, 6) is 0.0567. The van der Waals surface area contributed by atoms with Crippen molar-refractivity contribution >= 4 is 28.0 Å². The summed E-state index contributed by atoms with van der Waals surface area (Å²) in [5.41, 5.74) is 1.52. The van der Waals surface area contributed by atoms with Gasteiger partial charge in [0.05, 0.1) is 7.11 Å². The van der Waals surface area contributed by atoms with E-state index >= 15 is 0 Å². The molecule has 0 aromatic heterocycles. The Balaban J connectivity index is 2.05. The molecule has 0 bridgehead atoms. The zero-order chi connectivity index (χ0) is 16.7. The van der Waals surface area contributed by atoms with Gasteiger partial charge in [0.2, 0.25) is 0 Å². The first kappa shape index (κ1) is 16.8. The van der Waals surface area contributed by atoms with Gasteiger partial charge >= 0.3 is 5.97 Å². The summed E-state index contributed by atoms with van der Waals surface area (Å²) in [6, 6.07) is 16.3. The summed E-state index contributed by atoms with van der Waals surface area (Å²) < 4.78 is 11.1. The van der Waals surface area contributed by atoms with Gasteiger partial charge in [-0.25, -0.2) is 4.79 Å². The molecule has 0 radical (unpaired) electrons. The summed E-state index contributed by atoms with van der Waals surface area (Å²) in [6.07, 6.45) is 1.49. The Morgan fingerprint density at radius 3 is 2.61 bits per heavy atom. The quantitative estimate of drug-likeness (QED) is 0.450. The molecule has 0 aliphatic rings. The van der Waals surface area contributed by atoms with Gasteiger partial charge in [-0.3, -0.25) is 0 Å². The van der Waals surface area contributed by atoms with Crippen LogP contribution in [0, 0.1) is 11.3 Å². The van der Waals surface area contributed by atoms with Gasteiger partial charge < -0.3 is 9.47 Å². The van der Waals surface area contributed by atoms with E-state index in [4.69, 9.17) is 14.7 Å². The molecular formula is C18H14BrNO3. The number of hydrogen-bond acceptors (Lipinski definition) is 4. The number of nitriles is 1. The van der Waals surface area contributed by atoms with Crippen molar-refractivity contribution in [3.05, 3.63) is 69.7 Å². The lowest BCUT2D eigenvalue weighted by Crippen LogP contribution is -2.06. The Hall–Kier alpha value is -2.58. The SMILES string of the molecule is COc1ccc(/C=C(/C#N)C(=O)OCc2cccc(Br)c2)cc1. The van der Waals surface area contributed by atoms with Crippen molar-refractivity contribution in [2.24, 2.45) is 0 Å². The van der Waals surface area contributed by atoms with Gasteiger partial charge in [0.25, 0.3) is 0 Å². The summed E-state index contributed by atoms with van der Waals surface area (Å²) in [4.78, 5) is 12.0. The molecule has 0 amide bonds. The Labute approximate surface area is 143 Å². The zero-order valence-electron chi connectivity index (χ0n) is 12.5. The number of benzene rings is 2. The molecule has 2 aromatic carbocycles. The summed E-state index contributed by atoms with van der Waals surface area (Å²) >= 11 is 3.35. The minimum absolute atomic E-state index is 0.0508. The molecule has 4 nitrogen and oxygen atoms in total. The van der Waals surface area contributed by atoms with Gasteiger partial charge in [0, 0.05) is 4.47 Å². The molecule has 0 aliphatic heterocycles. The largest absolute Gasteiger partial charge is 0.497 e. The van der Waals surface area contributed by atoms with Crippen LogP contribution in [0.25, 0.3) is 6.08 Å². The first-order chi connectivity index (χ1) is 11.1. The van der Waals surface area contributed by atoms with E-state index in [1.807, 2.05) is 30.3 Å². The van der Waals surface area contributed by atoms with Crippen molar-refractivity contribution in [2.75, 3.05) is 7.11 Å². The monoisotopic (exact) mass is 371 g/mol. The third-order valence-electron chi connectivity index (χ3n) is 3.03. The molecular weight excluding hydrogens is 358 g/mol. The lowest BCUT2D eigenvalue weighted by molar-refractivity contribution is -0.139. The maximum Gasteiger partial charge on any atom is 0.349 e. The van der Waals surface area contributed by atoms with Gasteiger partial charge in [-0.1, -0.05) is 40.2 Å². The van der Waals surface area contributed by atoms with E-state index in [2.05, 4.69) is 15.9 Å². The Kier molecular flexibility index (Phi) is 5.95. The average molecular weight is 372 g/mol. The predicted octanol–water partition coefficient (Wildman–Crippen LogP) is 4.11. The van der Waals surface area contributed by atoms with E-state index in [-0.39, 0.29) is 12.2 Å². The Morgan fingerprint density at radius 1 is 1.26 bits per heavy atom. The third-order valence-corrected chi connectivity index (χ3v) is 3.52. The van der Waals surface area contributed by atoms with Crippen molar-refractivity contribution in [1.82, 2.24) is 0 Å². The minimum atomic E-state index is -0.650. The fourth-order valence-corrected chi connectivity index (χ4v) is 2.30. The van der Waals surface area contributed by atoms with Crippen molar-refractivity contribution in [3.8, 4) is 11.8 Å². The highest BCUT2D eigenvalue weighted by atomic mass is 79.9. The van der Waals surface area contributed by atoms with Crippen LogP contribution in [0.3, 0.4) is 0 Å². The van der Waals surface area contributed by atoms with Crippen LogP contribution in [-0.2, 0) is 16.1 Å². The molecule has 0 aliphatic carbocycles. The number of methoxy groups -OCH3 is 1. The van der Waals surface area contributed by atoms with Gasteiger partial charge in [-0.2, -0.15) is 5.26 Å². The highest BCUT2D eigenvalue weighted by Crippen LogP contribution is 2.16. The molecule has 0 unspecified atom stereocenters. The molecule has 0 spiro atoms. The molecule has 2 aromatic rings. The van der Waals surface area contributed by atoms with Gasteiger partial charge in [-0.05, 0) is 41.5 Å². The Bertz CT molecular complexity index is 761. The molecule has 23 heavy (non-hydrogen) atoms. The van der Waals surface area contributed by atoms with E-state index in [1.54, 1.807) is 31.4 Å². The molecule has 116 valence electrons. The molecule has 0 atom stereocenters. The third kappa shape index (κ3) is 4.97. The lowest BCUT2D eigenvalue weighted by Gasteiger charge is -2.05. The number of hydrogen-bond donors (Lipinski definition) is 0. The number of nitrogens with zero attached hydrogens (tertiary/aromatic N) is 1. The second-order valence-corrected chi connectivity index (χ2v) is 5.56. The van der Waals surface area contributed by atoms with Gasteiger partial charge in [0.15, 0.2) is 0 Å². The van der Waals surface area contributed by atoms with Crippen LogP contribution in [0.2, 0.25) is 0 Å². The number of ether oxygens (including phenoxy) is 2. The van der Waals surface area contributed by atoms with Gasteiger partial charge in [0.1, 0.15) is 24.0 Å². The number of halogens is 1. The molecule has 0 heterocycles. The molecule has 0 saturated carbocycles. The topological polar surface area (TPSA) is 59.3 Å². The highest BCUT2D eigenvalue weighted by Gasteiger charge is 2.11. The van der Waals surface area contributed by atoms with Crippen LogP contribution in [0.1, 0.15) is 11.1 Å². The zero-order valence-corrected chi connectivity index (χ0v) is 14.0. The van der Waals surface area contributed by atoms with E-state index in [0.29, 0.717) is 5.75 Å². The van der Waals surface area contributed by atoms with Crippen molar-refractivity contribution in [3.63, 3.8) is 0 Å². The van der Waals surface area contributed by atoms with Crippen LogP contribution < -0.4 is 4.74 Å². The lowest BCUT2D eigenvalue weighted by atomic mass is 10.1. The van der Waals surface area contributed by atoms with E-state index in [0.717, 1.165) is 15.6 Å². The maximum atomic E-state index is 12.0. The first-order valence-electron chi connectivity index (χ1n) is 6.80. The molecule has 0 fully saturated rings. The van der Waals surface area contributed by atoms with Crippen molar-refractivity contribution in [1.29, 1.82) is 5.26 Å². The van der Waals surface area contributed by atoms with E-state index in [1.165, 1.54) is 6.08 Å².